The predicted molar refractivity (Wildman–Crippen MR) is 77.7 cm³/mol. The van der Waals surface area contributed by atoms with E-state index in [2.05, 4.69) is 15.7 Å². The van der Waals surface area contributed by atoms with E-state index in [4.69, 9.17) is 0 Å². The number of aromatic nitrogens is 2. The molecule has 0 saturated carbocycles. The summed E-state index contributed by atoms with van der Waals surface area (Å²) in [5, 5.41) is 10.2. The summed E-state index contributed by atoms with van der Waals surface area (Å²) in [6.07, 6.45) is 4.84. The van der Waals surface area contributed by atoms with Crippen LogP contribution in [0.3, 0.4) is 0 Å². The molecule has 2 heterocycles. The Morgan fingerprint density at radius 1 is 1.33 bits per heavy atom. The van der Waals surface area contributed by atoms with E-state index in [1.165, 1.54) is 16.9 Å². The van der Waals surface area contributed by atoms with Gasteiger partial charge in [0.15, 0.2) is 0 Å². The van der Waals surface area contributed by atoms with E-state index in [-0.39, 0.29) is 17.6 Å². The zero-order valence-corrected chi connectivity index (χ0v) is 11.6. The second-order valence-corrected chi connectivity index (χ2v) is 5.14. The monoisotopic (exact) mass is 288 g/mol. The fourth-order valence-electron chi connectivity index (χ4n) is 2.49. The van der Waals surface area contributed by atoms with Crippen LogP contribution in [0.4, 0.5) is 10.1 Å². The smallest absolute Gasteiger partial charge is 0.227 e. The maximum Gasteiger partial charge on any atom is 0.227 e. The van der Waals surface area contributed by atoms with Crippen LogP contribution in [0.25, 0.3) is 5.69 Å². The van der Waals surface area contributed by atoms with Crippen molar-refractivity contribution < 1.29 is 9.18 Å². The summed E-state index contributed by atoms with van der Waals surface area (Å²) in [5.41, 5.74) is 0.946. The van der Waals surface area contributed by atoms with Crippen molar-refractivity contribution in [2.45, 2.75) is 12.8 Å². The molecule has 6 heteroatoms. The van der Waals surface area contributed by atoms with E-state index in [0.717, 1.165) is 25.9 Å². The largest absolute Gasteiger partial charge is 0.323 e. The van der Waals surface area contributed by atoms with Crippen molar-refractivity contribution in [3.05, 3.63) is 42.5 Å². The molecule has 21 heavy (non-hydrogen) atoms. The first-order valence-electron chi connectivity index (χ1n) is 7.05. The Bertz CT molecular complexity index is 634. The van der Waals surface area contributed by atoms with Crippen LogP contribution >= 0.6 is 0 Å². The standard InChI is InChI=1S/C15H17FN4O/c16-13-3-1-2-4-14(13)20-10-12(9-18-20)19-15(21)11-5-7-17-8-6-11/h1-4,9-11,17H,5-8H2,(H,19,21). The minimum Gasteiger partial charge on any atom is -0.323 e. The lowest BCUT2D eigenvalue weighted by atomic mass is 9.97. The van der Waals surface area contributed by atoms with Gasteiger partial charge in [-0.15, -0.1) is 0 Å². The van der Waals surface area contributed by atoms with Gasteiger partial charge in [-0.25, -0.2) is 9.07 Å². The molecule has 110 valence electrons. The highest BCUT2D eigenvalue weighted by Crippen LogP contribution is 2.17. The molecule has 0 aliphatic carbocycles. The maximum atomic E-state index is 13.7. The minimum atomic E-state index is -0.350. The number of para-hydroxylation sites is 1. The molecule has 1 aromatic heterocycles. The number of nitrogens with one attached hydrogen (secondary N) is 2. The molecule has 0 unspecified atom stereocenters. The molecule has 2 aromatic rings. The third kappa shape index (κ3) is 3.11. The van der Waals surface area contributed by atoms with Gasteiger partial charge in [-0.3, -0.25) is 4.79 Å². The molecule has 0 bridgehead atoms. The van der Waals surface area contributed by atoms with Crippen LogP contribution in [0, 0.1) is 11.7 Å². The van der Waals surface area contributed by atoms with Gasteiger partial charge in [0.1, 0.15) is 11.5 Å². The zero-order valence-electron chi connectivity index (χ0n) is 11.6. The molecule has 1 aliphatic rings. The number of hydrogen-bond acceptors (Lipinski definition) is 3. The first kappa shape index (κ1) is 13.8. The third-order valence-corrected chi connectivity index (χ3v) is 3.66. The first-order valence-corrected chi connectivity index (χ1v) is 7.05. The molecular weight excluding hydrogens is 271 g/mol. The number of carbonyl (C=O) groups is 1. The van der Waals surface area contributed by atoms with Gasteiger partial charge in [-0.2, -0.15) is 5.10 Å². The summed E-state index contributed by atoms with van der Waals surface area (Å²) >= 11 is 0. The van der Waals surface area contributed by atoms with Gasteiger partial charge in [-0.05, 0) is 38.1 Å². The van der Waals surface area contributed by atoms with Crippen LogP contribution in [-0.2, 0) is 4.79 Å². The molecule has 1 amide bonds. The second-order valence-electron chi connectivity index (χ2n) is 5.14. The van der Waals surface area contributed by atoms with Gasteiger partial charge >= 0.3 is 0 Å². The van der Waals surface area contributed by atoms with Crippen LogP contribution in [0.2, 0.25) is 0 Å². The Labute approximate surface area is 122 Å². The fourth-order valence-corrected chi connectivity index (χ4v) is 2.49. The number of benzene rings is 1. The van der Waals surface area contributed by atoms with Crippen molar-refractivity contribution in [3.8, 4) is 5.69 Å². The van der Waals surface area contributed by atoms with E-state index in [0.29, 0.717) is 11.4 Å². The number of amides is 1. The summed E-state index contributed by atoms with van der Waals surface area (Å²) in [7, 11) is 0. The summed E-state index contributed by atoms with van der Waals surface area (Å²) in [4.78, 5) is 12.1. The van der Waals surface area contributed by atoms with Crippen molar-refractivity contribution in [1.82, 2.24) is 15.1 Å². The summed E-state index contributed by atoms with van der Waals surface area (Å²) < 4.78 is 15.1. The maximum absolute atomic E-state index is 13.7. The number of nitrogens with zero attached hydrogens (tertiary/aromatic N) is 2. The Balaban J connectivity index is 1.70. The Kier molecular flexibility index (Phi) is 3.96. The summed E-state index contributed by atoms with van der Waals surface area (Å²) in [6.45, 7) is 1.74. The van der Waals surface area contributed by atoms with Crippen LogP contribution in [0.1, 0.15) is 12.8 Å². The lowest BCUT2D eigenvalue weighted by Gasteiger charge is -2.21. The molecule has 1 aliphatic heterocycles. The fraction of sp³-hybridized carbons (Fsp3) is 0.333. The van der Waals surface area contributed by atoms with Crippen molar-refractivity contribution in [3.63, 3.8) is 0 Å². The van der Waals surface area contributed by atoms with Gasteiger partial charge in [0.2, 0.25) is 5.91 Å². The van der Waals surface area contributed by atoms with Crippen LogP contribution in [-0.4, -0.2) is 28.8 Å². The number of piperidine rings is 1. The molecule has 0 atom stereocenters. The average molecular weight is 288 g/mol. The molecule has 1 fully saturated rings. The molecule has 1 saturated heterocycles. The Hall–Kier alpha value is -2.21. The molecule has 3 rings (SSSR count). The number of halogens is 1. The van der Waals surface area contributed by atoms with E-state index in [1.54, 1.807) is 24.4 Å². The number of anilines is 1. The van der Waals surface area contributed by atoms with Crippen LogP contribution in [0.5, 0.6) is 0 Å². The van der Waals surface area contributed by atoms with Crippen molar-refractivity contribution in [1.29, 1.82) is 0 Å². The second kappa shape index (κ2) is 6.05. The number of rotatable bonds is 3. The van der Waals surface area contributed by atoms with Crippen LogP contribution in [0.15, 0.2) is 36.7 Å². The SMILES string of the molecule is O=C(Nc1cnn(-c2ccccc2F)c1)C1CCNCC1. The van der Waals surface area contributed by atoms with Gasteiger partial charge < -0.3 is 10.6 Å². The lowest BCUT2D eigenvalue weighted by Crippen LogP contribution is -2.34. The van der Waals surface area contributed by atoms with Crippen molar-refractivity contribution in [2.24, 2.45) is 5.92 Å². The van der Waals surface area contributed by atoms with Crippen molar-refractivity contribution >= 4 is 11.6 Å². The quantitative estimate of drug-likeness (QED) is 0.907. The molecular formula is C15H17FN4O. The topological polar surface area (TPSA) is 59.0 Å². The Morgan fingerprint density at radius 3 is 2.86 bits per heavy atom. The number of carbonyl (C=O) groups excluding carboxylic acids is 1. The lowest BCUT2D eigenvalue weighted by molar-refractivity contribution is -0.120. The highest BCUT2D eigenvalue weighted by atomic mass is 19.1. The first-order chi connectivity index (χ1) is 10.2. The Morgan fingerprint density at radius 2 is 2.10 bits per heavy atom. The van der Waals surface area contributed by atoms with Gasteiger partial charge in [0, 0.05) is 5.92 Å². The predicted octanol–water partition coefficient (Wildman–Crippen LogP) is 1.95. The van der Waals surface area contributed by atoms with Gasteiger partial charge in [0.05, 0.1) is 18.1 Å². The highest BCUT2D eigenvalue weighted by Gasteiger charge is 2.21. The average Bonchev–Trinajstić information content (AvgIpc) is 2.97. The third-order valence-electron chi connectivity index (χ3n) is 3.66. The summed E-state index contributed by atoms with van der Waals surface area (Å²) in [5.74, 6) is -0.315. The summed E-state index contributed by atoms with van der Waals surface area (Å²) in [6, 6.07) is 6.39. The molecule has 5 nitrogen and oxygen atoms in total. The molecule has 2 N–H and O–H groups in total. The number of hydrogen-bond donors (Lipinski definition) is 2. The molecule has 1 aromatic carbocycles. The van der Waals surface area contributed by atoms with Gasteiger partial charge in [0.25, 0.3) is 0 Å². The van der Waals surface area contributed by atoms with Gasteiger partial charge in [-0.1, -0.05) is 12.1 Å². The van der Waals surface area contributed by atoms with E-state index in [1.807, 2.05) is 0 Å². The highest BCUT2D eigenvalue weighted by molar-refractivity contribution is 5.92. The van der Waals surface area contributed by atoms with E-state index < -0.39 is 0 Å². The van der Waals surface area contributed by atoms with Crippen molar-refractivity contribution in [2.75, 3.05) is 18.4 Å². The molecule has 0 spiro atoms. The minimum absolute atomic E-state index is 0.00424. The normalized spacial score (nSPS) is 15.9. The van der Waals surface area contributed by atoms with E-state index >= 15 is 0 Å². The zero-order chi connectivity index (χ0) is 14.7. The van der Waals surface area contributed by atoms with E-state index in [9.17, 15) is 9.18 Å². The molecule has 0 radical (unpaired) electrons. The van der Waals surface area contributed by atoms with Crippen LogP contribution < -0.4 is 10.6 Å².